The molecule has 0 aliphatic heterocycles. The van der Waals surface area contributed by atoms with Crippen LogP contribution in [0.25, 0.3) is 0 Å². The number of rotatable bonds is 6. The number of nitrogens with zero attached hydrogens (tertiary/aromatic N) is 1. The maximum Gasteiger partial charge on any atom is 0.257 e. The van der Waals surface area contributed by atoms with Crippen molar-refractivity contribution in [1.29, 1.82) is 0 Å². The van der Waals surface area contributed by atoms with Gasteiger partial charge < -0.3 is 9.64 Å². The van der Waals surface area contributed by atoms with E-state index in [2.05, 4.69) is 15.9 Å². The molecule has 0 bridgehead atoms. The Morgan fingerprint density at radius 3 is 2.86 bits per heavy atom. The Labute approximate surface area is 135 Å². The van der Waals surface area contributed by atoms with Crippen LogP contribution >= 0.6 is 27.3 Å². The smallest absolute Gasteiger partial charge is 0.257 e. The van der Waals surface area contributed by atoms with Crippen LogP contribution in [0.1, 0.15) is 15.2 Å². The van der Waals surface area contributed by atoms with E-state index in [-0.39, 0.29) is 15.9 Å². The second-order valence-electron chi connectivity index (χ2n) is 4.40. The number of carbonyl (C=O) groups is 1. The van der Waals surface area contributed by atoms with Crippen LogP contribution in [0.5, 0.6) is 0 Å². The van der Waals surface area contributed by atoms with Gasteiger partial charge in [-0.25, -0.2) is 4.39 Å². The second kappa shape index (κ2) is 7.68. The molecule has 2 aromatic rings. The molecule has 0 spiro atoms. The van der Waals surface area contributed by atoms with Crippen LogP contribution in [0, 0.1) is 5.82 Å². The van der Waals surface area contributed by atoms with Crippen LogP contribution in [0.3, 0.4) is 0 Å². The third-order valence-electron chi connectivity index (χ3n) is 2.96. The first kappa shape index (κ1) is 16.1. The van der Waals surface area contributed by atoms with Gasteiger partial charge in [0.15, 0.2) is 0 Å². The zero-order chi connectivity index (χ0) is 15.2. The van der Waals surface area contributed by atoms with Crippen molar-refractivity contribution in [2.24, 2.45) is 0 Å². The topological polar surface area (TPSA) is 29.5 Å². The normalized spacial score (nSPS) is 10.6. The standard InChI is InChI=1S/C15H15BrFNO2S/c1-20-8-7-18(10-11-4-3-9-21-11)15(19)12-5-2-6-13(16)14(12)17/h2-6,9H,7-8,10H2,1H3. The number of hydrogen-bond donors (Lipinski definition) is 0. The molecular formula is C15H15BrFNO2S. The lowest BCUT2D eigenvalue weighted by molar-refractivity contribution is 0.0677. The van der Waals surface area contributed by atoms with Crippen LogP contribution in [0.4, 0.5) is 4.39 Å². The number of thiophene rings is 1. The van der Waals surface area contributed by atoms with Gasteiger partial charge in [-0.1, -0.05) is 12.1 Å². The van der Waals surface area contributed by atoms with Crippen molar-refractivity contribution in [2.75, 3.05) is 20.3 Å². The molecule has 6 heteroatoms. The highest BCUT2D eigenvalue weighted by molar-refractivity contribution is 9.10. The molecule has 3 nitrogen and oxygen atoms in total. The van der Waals surface area contributed by atoms with Gasteiger partial charge in [0, 0.05) is 18.5 Å². The number of ether oxygens (including phenoxy) is 1. The molecule has 0 atom stereocenters. The average molecular weight is 372 g/mol. The Bertz CT molecular complexity index is 604. The highest BCUT2D eigenvalue weighted by Crippen LogP contribution is 2.21. The highest BCUT2D eigenvalue weighted by Gasteiger charge is 2.20. The molecule has 0 saturated carbocycles. The minimum Gasteiger partial charge on any atom is -0.383 e. The van der Waals surface area contributed by atoms with Crippen molar-refractivity contribution in [1.82, 2.24) is 4.90 Å². The first-order valence-corrected chi connectivity index (χ1v) is 8.05. The molecule has 1 amide bonds. The Kier molecular flexibility index (Phi) is 5.90. The summed E-state index contributed by atoms with van der Waals surface area (Å²) in [6, 6.07) is 8.61. The Morgan fingerprint density at radius 1 is 1.38 bits per heavy atom. The summed E-state index contributed by atoms with van der Waals surface area (Å²) in [5.74, 6) is -0.865. The molecule has 0 unspecified atom stereocenters. The quantitative estimate of drug-likeness (QED) is 0.769. The van der Waals surface area contributed by atoms with Crippen LogP contribution in [0.2, 0.25) is 0 Å². The number of methoxy groups -OCH3 is 1. The monoisotopic (exact) mass is 371 g/mol. The lowest BCUT2D eigenvalue weighted by atomic mass is 10.2. The van der Waals surface area contributed by atoms with Gasteiger partial charge in [-0.2, -0.15) is 0 Å². The fraction of sp³-hybridized carbons (Fsp3) is 0.267. The van der Waals surface area contributed by atoms with Gasteiger partial charge in [-0.15, -0.1) is 11.3 Å². The fourth-order valence-electron chi connectivity index (χ4n) is 1.88. The molecule has 0 aliphatic rings. The van der Waals surface area contributed by atoms with E-state index in [9.17, 15) is 9.18 Å². The summed E-state index contributed by atoms with van der Waals surface area (Å²) in [6.45, 7) is 1.28. The zero-order valence-electron chi connectivity index (χ0n) is 11.5. The maximum absolute atomic E-state index is 14.1. The number of hydrogen-bond acceptors (Lipinski definition) is 3. The predicted molar refractivity (Wildman–Crippen MR) is 85.0 cm³/mol. The average Bonchev–Trinajstić information content (AvgIpc) is 2.98. The van der Waals surface area contributed by atoms with E-state index in [1.165, 1.54) is 6.07 Å². The number of carbonyl (C=O) groups excluding carboxylic acids is 1. The van der Waals surface area contributed by atoms with Crippen molar-refractivity contribution in [3.05, 3.63) is 56.4 Å². The van der Waals surface area contributed by atoms with Crippen LogP contribution in [-0.2, 0) is 11.3 Å². The van der Waals surface area contributed by atoms with Crippen LogP contribution < -0.4 is 0 Å². The Hall–Kier alpha value is -1.24. The molecule has 0 N–H and O–H groups in total. The molecule has 21 heavy (non-hydrogen) atoms. The van der Waals surface area contributed by atoms with E-state index < -0.39 is 5.82 Å². The molecule has 112 valence electrons. The van der Waals surface area contributed by atoms with Crippen molar-refractivity contribution in [3.63, 3.8) is 0 Å². The summed E-state index contributed by atoms with van der Waals surface area (Å²) < 4.78 is 19.4. The molecule has 1 aromatic carbocycles. The van der Waals surface area contributed by atoms with E-state index >= 15 is 0 Å². The van der Waals surface area contributed by atoms with Gasteiger partial charge in [0.2, 0.25) is 0 Å². The Balaban J connectivity index is 2.22. The van der Waals surface area contributed by atoms with Crippen LogP contribution in [0.15, 0.2) is 40.2 Å². The van der Waals surface area contributed by atoms with Crippen molar-refractivity contribution < 1.29 is 13.9 Å². The third-order valence-corrected chi connectivity index (χ3v) is 4.43. The van der Waals surface area contributed by atoms with Gasteiger partial charge in [0.05, 0.1) is 23.2 Å². The summed E-state index contributed by atoms with van der Waals surface area (Å²) in [7, 11) is 1.58. The van der Waals surface area contributed by atoms with Crippen LogP contribution in [-0.4, -0.2) is 31.1 Å². The van der Waals surface area contributed by atoms with Crippen molar-refractivity contribution in [3.8, 4) is 0 Å². The first-order chi connectivity index (χ1) is 10.1. The summed E-state index contributed by atoms with van der Waals surface area (Å²) in [5.41, 5.74) is 0.0667. The molecule has 2 rings (SSSR count). The van der Waals surface area contributed by atoms with Crippen molar-refractivity contribution in [2.45, 2.75) is 6.54 Å². The van der Waals surface area contributed by atoms with E-state index in [1.807, 2.05) is 17.5 Å². The SMILES string of the molecule is COCCN(Cc1cccs1)C(=O)c1cccc(Br)c1F. The third kappa shape index (κ3) is 4.12. The zero-order valence-corrected chi connectivity index (χ0v) is 13.9. The van der Waals surface area contributed by atoms with Crippen molar-refractivity contribution >= 4 is 33.2 Å². The summed E-state index contributed by atoms with van der Waals surface area (Å²) >= 11 is 4.68. The summed E-state index contributed by atoms with van der Waals surface area (Å²) in [4.78, 5) is 15.2. The van der Waals surface area contributed by atoms with Gasteiger partial charge in [0.25, 0.3) is 5.91 Å². The highest BCUT2D eigenvalue weighted by atomic mass is 79.9. The molecule has 1 heterocycles. The minimum atomic E-state index is -0.531. The molecule has 0 fully saturated rings. The van der Waals surface area contributed by atoms with Gasteiger partial charge in [-0.05, 0) is 39.5 Å². The number of benzene rings is 1. The molecule has 1 aromatic heterocycles. The Morgan fingerprint density at radius 2 is 2.19 bits per heavy atom. The maximum atomic E-state index is 14.1. The number of halogens is 2. The van der Waals surface area contributed by atoms with Gasteiger partial charge >= 0.3 is 0 Å². The van der Waals surface area contributed by atoms with E-state index in [0.29, 0.717) is 19.7 Å². The molecule has 0 radical (unpaired) electrons. The summed E-state index contributed by atoms with van der Waals surface area (Å²) in [6.07, 6.45) is 0. The van der Waals surface area contributed by atoms with E-state index in [4.69, 9.17) is 4.74 Å². The lowest BCUT2D eigenvalue weighted by Crippen LogP contribution is -2.33. The van der Waals surface area contributed by atoms with Gasteiger partial charge in [-0.3, -0.25) is 4.79 Å². The summed E-state index contributed by atoms with van der Waals surface area (Å²) in [5, 5.41) is 1.95. The molecular weight excluding hydrogens is 357 g/mol. The van der Waals surface area contributed by atoms with E-state index in [1.54, 1.807) is 35.5 Å². The largest absolute Gasteiger partial charge is 0.383 e. The fourth-order valence-corrected chi connectivity index (χ4v) is 2.97. The minimum absolute atomic E-state index is 0.0667. The molecule has 0 aliphatic carbocycles. The predicted octanol–water partition coefficient (Wildman–Crippen LogP) is 3.94. The van der Waals surface area contributed by atoms with Gasteiger partial charge in [0.1, 0.15) is 5.82 Å². The lowest BCUT2D eigenvalue weighted by Gasteiger charge is -2.22. The molecule has 0 saturated heterocycles. The first-order valence-electron chi connectivity index (χ1n) is 6.38. The second-order valence-corrected chi connectivity index (χ2v) is 6.29. The number of amides is 1. The van der Waals surface area contributed by atoms with E-state index in [0.717, 1.165) is 4.88 Å².